The first-order chi connectivity index (χ1) is 5.20. The number of halogens is 1. The Hall–Kier alpha value is -0.110. The lowest BCUT2D eigenvalue weighted by atomic mass is 9.98. The van der Waals surface area contributed by atoms with Crippen molar-refractivity contribution in [3.8, 4) is 0 Å². The van der Waals surface area contributed by atoms with Crippen molar-refractivity contribution in [2.24, 2.45) is 11.7 Å². The van der Waals surface area contributed by atoms with Crippen LogP contribution in [0.1, 0.15) is 39.5 Å². The third kappa shape index (κ3) is 6.29. The molecule has 1 nitrogen and oxygen atoms in total. The highest BCUT2D eigenvalue weighted by Gasteiger charge is 2.09. The average Bonchev–Trinajstić information content (AvgIpc) is 1.87. The maximum atomic E-state index is 12.9. The average molecular weight is 161 g/mol. The van der Waals surface area contributed by atoms with E-state index in [4.69, 9.17) is 5.73 Å². The Balaban J connectivity index is 3.32. The van der Waals surface area contributed by atoms with Gasteiger partial charge in [0.15, 0.2) is 0 Å². The van der Waals surface area contributed by atoms with Gasteiger partial charge in [0.2, 0.25) is 0 Å². The van der Waals surface area contributed by atoms with Gasteiger partial charge in [0.1, 0.15) is 6.17 Å². The van der Waals surface area contributed by atoms with Crippen LogP contribution in [-0.4, -0.2) is 12.7 Å². The van der Waals surface area contributed by atoms with Gasteiger partial charge in [-0.2, -0.15) is 0 Å². The fourth-order valence-corrected chi connectivity index (χ4v) is 1.35. The molecule has 0 aliphatic rings. The topological polar surface area (TPSA) is 26.0 Å². The largest absolute Gasteiger partial charge is 0.330 e. The van der Waals surface area contributed by atoms with Crippen molar-refractivity contribution < 1.29 is 4.39 Å². The summed E-state index contributed by atoms with van der Waals surface area (Å²) in [6.07, 6.45) is 2.81. The van der Waals surface area contributed by atoms with Crippen LogP contribution in [0, 0.1) is 5.92 Å². The zero-order valence-corrected chi connectivity index (χ0v) is 7.65. The molecule has 0 aromatic carbocycles. The lowest BCUT2D eigenvalue weighted by molar-refractivity contribution is 0.257. The van der Waals surface area contributed by atoms with E-state index < -0.39 is 6.17 Å². The van der Waals surface area contributed by atoms with E-state index in [2.05, 4.69) is 13.8 Å². The molecule has 0 bridgehead atoms. The molecule has 68 valence electrons. The van der Waals surface area contributed by atoms with Gasteiger partial charge in [0, 0.05) is 0 Å². The highest BCUT2D eigenvalue weighted by molar-refractivity contribution is 4.61. The summed E-state index contributed by atoms with van der Waals surface area (Å²) in [5.41, 5.74) is 5.24. The summed E-state index contributed by atoms with van der Waals surface area (Å²) >= 11 is 0. The Kier molecular flexibility index (Phi) is 6.52. The number of rotatable bonds is 6. The van der Waals surface area contributed by atoms with Crippen molar-refractivity contribution in [1.29, 1.82) is 0 Å². The molecule has 0 rings (SSSR count). The molecule has 0 spiro atoms. The quantitative estimate of drug-likeness (QED) is 0.636. The Bertz CT molecular complexity index is 75.6. The molecular weight excluding hydrogens is 141 g/mol. The van der Waals surface area contributed by atoms with Crippen LogP contribution in [0.25, 0.3) is 0 Å². The molecule has 2 atom stereocenters. The Labute approximate surface area is 69.2 Å². The van der Waals surface area contributed by atoms with Gasteiger partial charge < -0.3 is 5.73 Å². The standard InChI is InChI=1S/C9H20FN/c1-3-4-8(2)7-9(10)5-6-11/h8-9H,3-7,11H2,1-2H3. The smallest absolute Gasteiger partial charge is 0.102 e. The monoisotopic (exact) mass is 161 g/mol. The van der Waals surface area contributed by atoms with Crippen molar-refractivity contribution in [3.63, 3.8) is 0 Å². The summed E-state index contributed by atoms with van der Waals surface area (Å²) in [5.74, 6) is 0.515. The predicted molar refractivity (Wildman–Crippen MR) is 47.3 cm³/mol. The zero-order chi connectivity index (χ0) is 8.69. The number of hydrogen-bond acceptors (Lipinski definition) is 1. The van der Waals surface area contributed by atoms with Crippen LogP contribution >= 0.6 is 0 Å². The number of alkyl halides is 1. The fraction of sp³-hybridized carbons (Fsp3) is 1.00. The molecule has 0 saturated heterocycles. The summed E-state index contributed by atoms with van der Waals surface area (Å²) in [7, 11) is 0. The molecule has 0 aromatic rings. The van der Waals surface area contributed by atoms with Crippen molar-refractivity contribution >= 4 is 0 Å². The molecule has 0 aromatic heterocycles. The van der Waals surface area contributed by atoms with E-state index in [0.29, 0.717) is 25.3 Å². The molecule has 0 fully saturated rings. The first-order valence-electron chi connectivity index (χ1n) is 4.54. The third-order valence-electron chi connectivity index (χ3n) is 1.92. The van der Waals surface area contributed by atoms with Crippen LogP contribution < -0.4 is 5.73 Å². The van der Waals surface area contributed by atoms with Gasteiger partial charge >= 0.3 is 0 Å². The van der Waals surface area contributed by atoms with E-state index in [9.17, 15) is 4.39 Å². The summed E-state index contributed by atoms with van der Waals surface area (Å²) in [5, 5.41) is 0. The van der Waals surface area contributed by atoms with E-state index in [1.165, 1.54) is 0 Å². The molecule has 0 amide bonds. The van der Waals surface area contributed by atoms with Crippen LogP contribution in [0.15, 0.2) is 0 Å². The number of nitrogens with two attached hydrogens (primary N) is 1. The summed E-state index contributed by atoms with van der Waals surface area (Å²) < 4.78 is 12.9. The predicted octanol–water partition coefficient (Wildman–Crippen LogP) is 2.50. The van der Waals surface area contributed by atoms with Gasteiger partial charge in [-0.15, -0.1) is 0 Å². The lowest BCUT2D eigenvalue weighted by Gasteiger charge is -2.12. The van der Waals surface area contributed by atoms with Gasteiger partial charge in [0.25, 0.3) is 0 Å². The van der Waals surface area contributed by atoms with Crippen LogP contribution in [0.2, 0.25) is 0 Å². The Morgan fingerprint density at radius 3 is 2.45 bits per heavy atom. The second-order valence-corrected chi connectivity index (χ2v) is 3.30. The Morgan fingerprint density at radius 1 is 1.36 bits per heavy atom. The van der Waals surface area contributed by atoms with E-state index in [1.54, 1.807) is 0 Å². The molecule has 0 radical (unpaired) electrons. The molecule has 2 N–H and O–H groups in total. The molecule has 11 heavy (non-hydrogen) atoms. The van der Waals surface area contributed by atoms with Crippen LogP contribution in [-0.2, 0) is 0 Å². The second-order valence-electron chi connectivity index (χ2n) is 3.30. The van der Waals surface area contributed by atoms with Crippen LogP contribution in [0.5, 0.6) is 0 Å². The third-order valence-corrected chi connectivity index (χ3v) is 1.92. The first kappa shape index (κ1) is 10.9. The summed E-state index contributed by atoms with van der Waals surface area (Å²) in [4.78, 5) is 0. The highest BCUT2D eigenvalue weighted by atomic mass is 19.1. The van der Waals surface area contributed by atoms with Gasteiger partial charge in [-0.25, -0.2) is 4.39 Å². The molecular formula is C9H20FN. The van der Waals surface area contributed by atoms with E-state index >= 15 is 0 Å². The van der Waals surface area contributed by atoms with Gasteiger partial charge in [0.05, 0.1) is 0 Å². The minimum atomic E-state index is -0.679. The van der Waals surface area contributed by atoms with Crippen LogP contribution in [0.3, 0.4) is 0 Å². The van der Waals surface area contributed by atoms with Gasteiger partial charge in [-0.1, -0.05) is 26.7 Å². The van der Waals surface area contributed by atoms with E-state index in [0.717, 1.165) is 12.8 Å². The van der Waals surface area contributed by atoms with Gasteiger partial charge in [-0.3, -0.25) is 0 Å². The van der Waals surface area contributed by atoms with E-state index in [-0.39, 0.29) is 0 Å². The number of hydrogen-bond donors (Lipinski definition) is 1. The maximum Gasteiger partial charge on any atom is 0.102 e. The van der Waals surface area contributed by atoms with Crippen LogP contribution in [0.4, 0.5) is 4.39 Å². The SMILES string of the molecule is CCCC(C)CC(F)CCN. The molecule has 0 heterocycles. The maximum absolute atomic E-state index is 12.9. The first-order valence-corrected chi connectivity index (χ1v) is 4.54. The minimum Gasteiger partial charge on any atom is -0.330 e. The second kappa shape index (κ2) is 6.59. The molecule has 0 aliphatic carbocycles. The molecule has 0 saturated carbocycles. The molecule has 2 heteroatoms. The summed E-state index contributed by atoms with van der Waals surface area (Å²) in [6.45, 7) is 4.71. The van der Waals surface area contributed by atoms with Crippen molar-refractivity contribution in [1.82, 2.24) is 0 Å². The van der Waals surface area contributed by atoms with E-state index in [1.807, 2.05) is 0 Å². The summed E-state index contributed by atoms with van der Waals surface area (Å²) in [6, 6.07) is 0. The normalized spacial score (nSPS) is 16.4. The minimum absolute atomic E-state index is 0.472. The molecule has 2 unspecified atom stereocenters. The van der Waals surface area contributed by atoms with Crippen molar-refractivity contribution in [2.75, 3.05) is 6.54 Å². The van der Waals surface area contributed by atoms with Crippen molar-refractivity contribution in [3.05, 3.63) is 0 Å². The van der Waals surface area contributed by atoms with Crippen molar-refractivity contribution in [2.45, 2.75) is 45.7 Å². The zero-order valence-electron chi connectivity index (χ0n) is 7.65. The molecule has 0 aliphatic heterocycles. The highest BCUT2D eigenvalue weighted by Crippen LogP contribution is 2.15. The lowest BCUT2D eigenvalue weighted by Crippen LogP contribution is -2.12. The fourth-order valence-electron chi connectivity index (χ4n) is 1.35. The van der Waals surface area contributed by atoms with Gasteiger partial charge in [-0.05, 0) is 25.3 Å². The Morgan fingerprint density at radius 2 is 2.00 bits per heavy atom.